The molecule has 0 fully saturated rings. The highest BCUT2D eigenvalue weighted by atomic mass is 79.9. The number of rotatable bonds is 5. The summed E-state index contributed by atoms with van der Waals surface area (Å²) in [7, 11) is 0. The van der Waals surface area contributed by atoms with Crippen molar-refractivity contribution < 1.29 is 4.79 Å². The van der Waals surface area contributed by atoms with Crippen LogP contribution < -0.4 is 11.1 Å². The predicted octanol–water partition coefficient (Wildman–Crippen LogP) is 3.26. The third kappa shape index (κ3) is 3.97. The standard InChI is InChI=1S/C13H18BrClN2O/c1-8(17-7-13(2,3)12(16)18)10-5-4-9(14)6-11(10)15/h4-6,8,17H,7H2,1-3H3,(H2,16,18). The van der Waals surface area contributed by atoms with Gasteiger partial charge in [-0.1, -0.05) is 33.6 Å². The molecule has 18 heavy (non-hydrogen) atoms. The number of carbonyl (C=O) groups excluding carboxylic acids is 1. The van der Waals surface area contributed by atoms with E-state index in [2.05, 4.69) is 21.2 Å². The van der Waals surface area contributed by atoms with E-state index in [1.54, 1.807) is 0 Å². The van der Waals surface area contributed by atoms with Crippen molar-refractivity contribution in [1.29, 1.82) is 0 Å². The molecule has 1 atom stereocenters. The predicted molar refractivity (Wildman–Crippen MR) is 78.5 cm³/mol. The molecule has 0 spiro atoms. The Hall–Kier alpha value is -0.580. The van der Waals surface area contributed by atoms with Crippen LogP contribution in [0.1, 0.15) is 32.4 Å². The first-order valence-corrected chi connectivity index (χ1v) is 6.89. The summed E-state index contributed by atoms with van der Waals surface area (Å²) in [5, 5.41) is 3.98. The van der Waals surface area contributed by atoms with Crippen LogP contribution in [0.25, 0.3) is 0 Å². The molecule has 1 rings (SSSR count). The smallest absolute Gasteiger partial charge is 0.224 e. The van der Waals surface area contributed by atoms with Crippen LogP contribution in [0.4, 0.5) is 0 Å². The summed E-state index contributed by atoms with van der Waals surface area (Å²) < 4.78 is 0.945. The van der Waals surface area contributed by atoms with E-state index in [-0.39, 0.29) is 11.9 Å². The second-order valence-corrected chi connectivity index (χ2v) is 6.34. The molecule has 0 bridgehead atoms. The van der Waals surface area contributed by atoms with Crippen LogP contribution in [0.5, 0.6) is 0 Å². The average molecular weight is 334 g/mol. The van der Waals surface area contributed by atoms with Gasteiger partial charge in [0.2, 0.25) is 5.91 Å². The molecule has 5 heteroatoms. The lowest BCUT2D eigenvalue weighted by atomic mass is 9.92. The van der Waals surface area contributed by atoms with Gasteiger partial charge in [-0.05, 0) is 38.5 Å². The third-order valence-electron chi connectivity index (χ3n) is 2.95. The van der Waals surface area contributed by atoms with E-state index in [4.69, 9.17) is 17.3 Å². The first-order chi connectivity index (χ1) is 8.24. The van der Waals surface area contributed by atoms with Crippen molar-refractivity contribution in [2.45, 2.75) is 26.8 Å². The van der Waals surface area contributed by atoms with E-state index >= 15 is 0 Å². The van der Waals surface area contributed by atoms with Gasteiger partial charge in [-0.2, -0.15) is 0 Å². The van der Waals surface area contributed by atoms with Crippen molar-refractivity contribution >= 4 is 33.4 Å². The molecule has 1 aromatic carbocycles. The van der Waals surface area contributed by atoms with Gasteiger partial charge in [-0.15, -0.1) is 0 Å². The number of primary amides is 1. The fourth-order valence-corrected chi connectivity index (χ4v) is 2.30. The number of hydrogen-bond donors (Lipinski definition) is 2. The fourth-order valence-electron chi connectivity index (χ4n) is 1.46. The minimum absolute atomic E-state index is 0.0595. The summed E-state index contributed by atoms with van der Waals surface area (Å²) in [6, 6.07) is 5.82. The Morgan fingerprint density at radius 2 is 2.17 bits per heavy atom. The van der Waals surface area contributed by atoms with E-state index in [0.29, 0.717) is 11.6 Å². The highest BCUT2D eigenvalue weighted by molar-refractivity contribution is 9.10. The van der Waals surface area contributed by atoms with Gasteiger partial charge in [0.15, 0.2) is 0 Å². The van der Waals surface area contributed by atoms with Gasteiger partial charge in [0, 0.05) is 22.1 Å². The number of benzene rings is 1. The molecule has 0 aliphatic heterocycles. The SMILES string of the molecule is CC(NCC(C)(C)C(N)=O)c1ccc(Br)cc1Cl. The average Bonchev–Trinajstić information content (AvgIpc) is 2.25. The topological polar surface area (TPSA) is 55.1 Å². The van der Waals surface area contributed by atoms with Crippen LogP contribution in [0.2, 0.25) is 5.02 Å². The molecule has 0 aromatic heterocycles. The molecule has 0 saturated carbocycles. The molecular formula is C13H18BrClN2O. The summed E-state index contributed by atoms with van der Waals surface area (Å²) in [6.45, 7) is 6.15. The van der Waals surface area contributed by atoms with Crippen LogP contribution in [0.3, 0.4) is 0 Å². The van der Waals surface area contributed by atoms with E-state index in [0.717, 1.165) is 10.0 Å². The maximum absolute atomic E-state index is 11.2. The molecule has 0 aliphatic carbocycles. The third-order valence-corrected chi connectivity index (χ3v) is 3.77. The molecule has 0 radical (unpaired) electrons. The highest BCUT2D eigenvalue weighted by Crippen LogP contribution is 2.27. The quantitative estimate of drug-likeness (QED) is 0.869. The van der Waals surface area contributed by atoms with Gasteiger partial charge < -0.3 is 11.1 Å². The molecule has 0 saturated heterocycles. The van der Waals surface area contributed by atoms with Crippen molar-refractivity contribution in [2.75, 3.05) is 6.54 Å². The van der Waals surface area contributed by atoms with E-state index in [9.17, 15) is 4.79 Å². The van der Waals surface area contributed by atoms with E-state index in [1.807, 2.05) is 39.0 Å². The Labute approximate surface area is 121 Å². The first-order valence-electron chi connectivity index (χ1n) is 5.72. The first kappa shape index (κ1) is 15.5. The van der Waals surface area contributed by atoms with Crippen molar-refractivity contribution in [3.05, 3.63) is 33.3 Å². The van der Waals surface area contributed by atoms with Crippen LogP contribution in [0, 0.1) is 5.41 Å². The van der Waals surface area contributed by atoms with Gasteiger partial charge in [-0.3, -0.25) is 4.79 Å². The second-order valence-electron chi connectivity index (χ2n) is 5.02. The van der Waals surface area contributed by atoms with Crippen molar-refractivity contribution in [3.63, 3.8) is 0 Å². The Bertz CT molecular complexity index is 449. The maximum Gasteiger partial charge on any atom is 0.224 e. The van der Waals surface area contributed by atoms with Gasteiger partial charge in [0.25, 0.3) is 0 Å². The zero-order valence-corrected chi connectivity index (χ0v) is 13.1. The van der Waals surface area contributed by atoms with Crippen molar-refractivity contribution in [3.8, 4) is 0 Å². The van der Waals surface area contributed by atoms with Crippen LogP contribution in [0.15, 0.2) is 22.7 Å². The highest BCUT2D eigenvalue weighted by Gasteiger charge is 2.25. The lowest BCUT2D eigenvalue weighted by molar-refractivity contribution is -0.125. The number of halogens is 2. The monoisotopic (exact) mass is 332 g/mol. The molecule has 1 amide bonds. The molecular weight excluding hydrogens is 316 g/mol. The summed E-state index contributed by atoms with van der Waals surface area (Å²) in [4.78, 5) is 11.2. The molecule has 3 nitrogen and oxygen atoms in total. The summed E-state index contributed by atoms with van der Waals surface area (Å²) in [5.74, 6) is -0.316. The summed E-state index contributed by atoms with van der Waals surface area (Å²) in [6.07, 6.45) is 0. The maximum atomic E-state index is 11.2. The van der Waals surface area contributed by atoms with Crippen LogP contribution in [-0.2, 0) is 4.79 Å². The molecule has 3 N–H and O–H groups in total. The Kier molecular flexibility index (Phi) is 5.20. The lowest BCUT2D eigenvalue weighted by Gasteiger charge is -2.24. The van der Waals surface area contributed by atoms with Crippen LogP contribution >= 0.6 is 27.5 Å². The molecule has 100 valence electrons. The van der Waals surface area contributed by atoms with Gasteiger partial charge in [0.1, 0.15) is 0 Å². The molecule has 1 aromatic rings. The normalized spacial score (nSPS) is 13.4. The Morgan fingerprint density at radius 3 is 2.67 bits per heavy atom. The molecule has 1 unspecified atom stereocenters. The van der Waals surface area contributed by atoms with Gasteiger partial charge in [-0.25, -0.2) is 0 Å². The molecule has 0 aliphatic rings. The van der Waals surface area contributed by atoms with Gasteiger partial charge >= 0.3 is 0 Å². The number of hydrogen-bond acceptors (Lipinski definition) is 2. The minimum atomic E-state index is -0.573. The lowest BCUT2D eigenvalue weighted by Crippen LogP contribution is -2.41. The minimum Gasteiger partial charge on any atom is -0.369 e. The van der Waals surface area contributed by atoms with Gasteiger partial charge in [0.05, 0.1) is 5.41 Å². The zero-order chi connectivity index (χ0) is 13.9. The largest absolute Gasteiger partial charge is 0.369 e. The van der Waals surface area contributed by atoms with Crippen LogP contribution in [-0.4, -0.2) is 12.5 Å². The molecule has 0 heterocycles. The number of nitrogens with two attached hydrogens (primary N) is 1. The number of amides is 1. The van der Waals surface area contributed by atoms with Crippen molar-refractivity contribution in [1.82, 2.24) is 5.32 Å². The number of nitrogens with one attached hydrogen (secondary N) is 1. The second kappa shape index (κ2) is 6.04. The summed E-state index contributed by atoms with van der Waals surface area (Å²) in [5.41, 5.74) is 5.76. The Balaban J connectivity index is 2.71. The van der Waals surface area contributed by atoms with Crippen molar-refractivity contribution in [2.24, 2.45) is 11.1 Å². The fraction of sp³-hybridized carbons (Fsp3) is 0.462. The summed E-state index contributed by atoms with van der Waals surface area (Å²) >= 11 is 9.54. The Morgan fingerprint density at radius 1 is 1.56 bits per heavy atom. The number of carbonyl (C=O) groups is 1. The zero-order valence-electron chi connectivity index (χ0n) is 10.8. The van der Waals surface area contributed by atoms with E-state index in [1.165, 1.54) is 0 Å². The van der Waals surface area contributed by atoms with E-state index < -0.39 is 5.41 Å².